The highest BCUT2D eigenvalue weighted by atomic mass is 32.2. The third-order valence-corrected chi connectivity index (χ3v) is 6.04. The fourth-order valence-corrected chi connectivity index (χ4v) is 4.41. The topological polar surface area (TPSA) is 99.3 Å². The Bertz CT molecular complexity index is 1040. The number of hydrogen-bond acceptors (Lipinski definition) is 4. The van der Waals surface area contributed by atoms with Gasteiger partial charge in [0.25, 0.3) is 10.0 Å². The molecule has 0 atom stereocenters. The molecular formula is C16H17N3O4S2. The monoisotopic (exact) mass is 379 g/mol. The van der Waals surface area contributed by atoms with Gasteiger partial charge in [0, 0.05) is 30.2 Å². The number of benzene rings is 2. The number of thiol groups is 1. The van der Waals surface area contributed by atoms with Crippen LogP contribution in [0, 0.1) is 0 Å². The predicted octanol–water partition coefficient (Wildman–Crippen LogP) is 1.48. The van der Waals surface area contributed by atoms with Gasteiger partial charge >= 0.3 is 0 Å². The largest absolute Gasteiger partial charge is 0.361 e. The van der Waals surface area contributed by atoms with Crippen molar-refractivity contribution in [2.24, 2.45) is 0 Å². The molecule has 3 aromatic rings. The number of nitrogens with zero attached hydrogens (tertiary/aromatic N) is 1. The maximum Gasteiger partial charge on any atom is 0.264 e. The van der Waals surface area contributed by atoms with Crippen LogP contribution in [0.15, 0.2) is 65.7 Å². The van der Waals surface area contributed by atoms with E-state index < -0.39 is 20.9 Å². The lowest BCUT2D eigenvalue weighted by molar-refractivity contribution is 0.586. The Morgan fingerprint density at radius 1 is 1.00 bits per heavy atom. The molecule has 0 aliphatic rings. The van der Waals surface area contributed by atoms with E-state index in [0.29, 0.717) is 5.69 Å². The highest BCUT2D eigenvalue weighted by Crippen LogP contribution is 2.30. The molecule has 0 fully saturated rings. The van der Waals surface area contributed by atoms with E-state index in [9.17, 15) is 16.8 Å². The fraction of sp³-hybridized carbons (Fsp3) is 0.125. The van der Waals surface area contributed by atoms with Gasteiger partial charge in [-0.05, 0) is 30.3 Å². The molecular weight excluding hydrogens is 362 g/mol. The van der Waals surface area contributed by atoms with Crippen LogP contribution in [-0.4, -0.2) is 34.9 Å². The molecule has 0 aliphatic heterocycles. The minimum atomic E-state index is -3.84. The number of aromatic amines is 1. The lowest BCUT2D eigenvalue weighted by Crippen LogP contribution is -2.36. The van der Waals surface area contributed by atoms with Crippen molar-refractivity contribution in [3.05, 3.63) is 60.8 Å². The van der Waals surface area contributed by atoms with Crippen molar-refractivity contribution in [3.8, 4) is 0 Å². The lowest BCUT2D eigenvalue weighted by Gasteiger charge is -2.25. The molecule has 0 amide bonds. The smallest absolute Gasteiger partial charge is 0.264 e. The van der Waals surface area contributed by atoms with Gasteiger partial charge < -0.3 is 4.98 Å². The van der Waals surface area contributed by atoms with Gasteiger partial charge in [0.15, 0.2) is 0 Å². The summed E-state index contributed by atoms with van der Waals surface area (Å²) >= 11 is 0. The molecule has 9 heteroatoms. The summed E-state index contributed by atoms with van der Waals surface area (Å²) < 4.78 is 51.2. The van der Waals surface area contributed by atoms with Crippen molar-refractivity contribution < 1.29 is 16.8 Å². The molecule has 2 aromatic carbocycles. The van der Waals surface area contributed by atoms with Crippen LogP contribution >= 0.6 is 0 Å². The van der Waals surface area contributed by atoms with Gasteiger partial charge in [-0.15, -0.1) is 0 Å². The zero-order valence-corrected chi connectivity index (χ0v) is 14.8. The highest BCUT2D eigenvalue weighted by Gasteiger charge is 2.26. The molecule has 132 valence electrons. The van der Waals surface area contributed by atoms with Gasteiger partial charge in [0.1, 0.15) is 0 Å². The highest BCUT2D eigenvalue weighted by molar-refractivity contribution is 7.92. The van der Waals surface area contributed by atoms with E-state index in [0.717, 1.165) is 10.9 Å². The van der Waals surface area contributed by atoms with Crippen LogP contribution in [-0.2, 0) is 20.9 Å². The normalized spacial score (nSPS) is 11.9. The summed E-state index contributed by atoms with van der Waals surface area (Å²) in [5.74, 6) is 0. The van der Waals surface area contributed by atoms with Gasteiger partial charge in [-0.25, -0.2) is 21.6 Å². The number of hydrogen-bond donors (Lipinski definition) is 3. The van der Waals surface area contributed by atoms with E-state index in [-0.39, 0.29) is 18.0 Å². The molecule has 0 spiro atoms. The first-order valence-corrected chi connectivity index (χ1v) is 10.1. The zero-order valence-electron chi connectivity index (χ0n) is 13.1. The quantitative estimate of drug-likeness (QED) is 0.542. The summed E-state index contributed by atoms with van der Waals surface area (Å²) in [5.41, 5.74) is 1.29. The minimum Gasteiger partial charge on any atom is -0.361 e. The second-order valence-corrected chi connectivity index (χ2v) is 7.96. The van der Waals surface area contributed by atoms with Crippen LogP contribution in [0.1, 0.15) is 0 Å². The van der Waals surface area contributed by atoms with Crippen LogP contribution in [0.2, 0.25) is 0 Å². The summed E-state index contributed by atoms with van der Waals surface area (Å²) in [7, 11) is -6.63. The van der Waals surface area contributed by atoms with Gasteiger partial charge in [0.2, 0.25) is 10.9 Å². The first kappa shape index (κ1) is 17.5. The van der Waals surface area contributed by atoms with E-state index in [1.807, 2.05) is 6.07 Å². The van der Waals surface area contributed by atoms with Crippen LogP contribution in [0.25, 0.3) is 10.9 Å². The number of anilines is 1. The lowest BCUT2D eigenvalue weighted by atomic mass is 10.2. The molecule has 0 aliphatic carbocycles. The molecule has 0 unspecified atom stereocenters. The van der Waals surface area contributed by atoms with Crippen LogP contribution in [0.5, 0.6) is 0 Å². The summed E-state index contributed by atoms with van der Waals surface area (Å²) in [6.45, 7) is -0.0452. The van der Waals surface area contributed by atoms with Gasteiger partial charge in [0.05, 0.1) is 10.6 Å². The van der Waals surface area contributed by atoms with Crippen molar-refractivity contribution in [1.29, 1.82) is 0 Å². The SMILES string of the molecule is O=[SH](=O)NCCN(c1cccc2[nH]ccc12)S(=O)(=O)c1ccccc1. The Hall–Kier alpha value is -2.36. The van der Waals surface area contributed by atoms with Crippen molar-refractivity contribution in [2.75, 3.05) is 17.4 Å². The molecule has 0 bridgehead atoms. The maximum absolute atomic E-state index is 13.1. The number of rotatable bonds is 7. The number of nitrogens with one attached hydrogen (secondary N) is 2. The summed E-state index contributed by atoms with van der Waals surface area (Å²) in [6.07, 6.45) is 1.73. The average molecular weight is 379 g/mol. The molecule has 1 heterocycles. The molecule has 0 saturated heterocycles. The first-order chi connectivity index (χ1) is 12.0. The third-order valence-electron chi connectivity index (χ3n) is 3.73. The standard InChI is InChI=1S/C16H17N3O4S2/c20-24(21)18-11-12-19(25(22,23)13-5-2-1-3-6-13)16-8-4-7-15-14(16)9-10-17-15/h1-10,17,24H,11-12H2,(H,18,20,21). The Morgan fingerprint density at radius 2 is 1.76 bits per heavy atom. The summed E-state index contributed by atoms with van der Waals surface area (Å²) in [6, 6.07) is 15.2. The van der Waals surface area contributed by atoms with Crippen LogP contribution in [0.3, 0.4) is 0 Å². The molecule has 25 heavy (non-hydrogen) atoms. The van der Waals surface area contributed by atoms with Crippen molar-refractivity contribution >= 4 is 37.5 Å². The molecule has 2 N–H and O–H groups in total. The second kappa shape index (κ2) is 7.26. The van der Waals surface area contributed by atoms with E-state index in [1.54, 1.807) is 42.6 Å². The van der Waals surface area contributed by atoms with E-state index in [2.05, 4.69) is 9.71 Å². The maximum atomic E-state index is 13.1. The number of aromatic nitrogens is 1. The zero-order chi connectivity index (χ0) is 17.9. The first-order valence-electron chi connectivity index (χ1n) is 7.52. The Labute approximate surface area is 147 Å². The van der Waals surface area contributed by atoms with Crippen molar-refractivity contribution in [3.63, 3.8) is 0 Å². The number of H-pyrrole nitrogens is 1. The van der Waals surface area contributed by atoms with Crippen LogP contribution < -0.4 is 9.03 Å². The van der Waals surface area contributed by atoms with E-state index >= 15 is 0 Å². The summed E-state index contributed by atoms with van der Waals surface area (Å²) in [4.78, 5) is 3.19. The van der Waals surface area contributed by atoms with Crippen molar-refractivity contribution in [1.82, 2.24) is 9.71 Å². The Morgan fingerprint density at radius 3 is 2.48 bits per heavy atom. The fourth-order valence-electron chi connectivity index (χ4n) is 2.62. The van der Waals surface area contributed by atoms with E-state index in [1.165, 1.54) is 16.4 Å². The molecule has 1 aromatic heterocycles. The van der Waals surface area contributed by atoms with Gasteiger partial charge in [-0.2, -0.15) is 0 Å². The van der Waals surface area contributed by atoms with E-state index in [4.69, 9.17) is 0 Å². The predicted molar refractivity (Wildman–Crippen MR) is 97.6 cm³/mol. The van der Waals surface area contributed by atoms with Crippen LogP contribution in [0.4, 0.5) is 5.69 Å². The molecule has 3 rings (SSSR count). The van der Waals surface area contributed by atoms with Crippen molar-refractivity contribution in [2.45, 2.75) is 4.90 Å². The second-order valence-electron chi connectivity index (χ2n) is 5.27. The molecule has 0 saturated carbocycles. The average Bonchev–Trinajstić information content (AvgIpc) is 3.08. The Balaban J connectivity index is 2.08. The third kappa shape index (κ3) is 3.68. The van der Waals surface area contributed by atoms with Gasteiger partial charge in [-0.3, -0.25) is 4.31 Å². The summed E-state index contributed by atoms with van der Waals surface area (Å²) in [5, 5.41) is 0.744. The molecule has 0 radical (unpaired) electrons. The number of fused-ring (bicyclic) bond motifs is 1. The minimum absolute atomic E-state index is 0.0222. The number of sulfonamides is 1. The molecule has 7 nitrogen and oxygen atoms in total. The van der Waals surface area contributed by atoms with Gasteiger partial charge in [-0.1, -0.05) is 24.3 Å². The Kier molecular flexibility index (Phi) is 5.07.